The Balaban J connectivity index is 0.000000210. The third-order valence-electron chi connectivity index (χ3n) is 11.9. The van der Waals surface area contributed by atoms with Gasteiger partial charge in [-0.3, -0.25) is 4.18 Å². The van der Waals surface area contributed by atoms with Crippen molar-refractivity contribution in [2.75, 3.05) is 31.0 Å². The Morgan fingerprint density at radius 3 is 1.40 bits per heavy atom. The molecule has 1 N–H and O–H groups in total. The minimum Gasteiger partial charge on any atom is -0.396 e. The third kappa shape index (κ3) is 13.4. The molecule has 8 rings (SSSR count). The number of aliphatic hydroxyl groups excluding tert-OH is 1. The van der Waals surface area contributed by atoms with Gasteiger partial charge in [-0.2, -0.15) is 27.6 Å². The number of aliphatic hydroxyl groups is 1. The number of benzene rings is 4. The molecule has 0 saturated heterocycles. The second-order valence-electron chi connectivity index (χ2n) is 16.2. The van der Waals surface area contributed by atoms with E-state index in [4.69, 9.17) is 23.4 Å². The molecule has 11 heteroatoms. The lowest BCUT2D eigenvalue weighted by Gasteiger charge is -2.26. The molecule has 0 heterocycles. The molecule has 0 aliphatic heterocycles. The summed E-state index contributed by atoms with van der Waals surface area (Å²) in [5.41, 5.74) is 17.5. The van der Waals surface area contributed by atoms with E-state index in [1.165, 1.54) is 124 Å². The number of allylic oxidation sites excluding steroid dienone is 4. The topological polar surface area (TPSA) is 132 Å². The van der Waals surface area contributed by atoms with E-state index in [1.807, 2.05) is 0 Å². The van der Waals surface area contributed by atoms with Crippen molar-refractivity contribution in [3.05, 3.63) is 129 Å². The van der Waals surface area contributed by atoms with Gasteiger partial charge in [0.2, 0.25) is 0 Å². The van der Waals surface area contributed by atoms with E-state index in [0.29, 0.717) is 17.6 Å². The summed E-state index contributed by atoms with van der Waals surface area (Å²) in [5, 5.41) is 9.28. The van der Waals surface area contributed by atoms with E-state index in [-0.39, 0.29) is 25.5 Å². The van der Waals surface area contributed by atoms with E-state index in [0.717, 1.165) is 24.9 Å². The molecule has 0 spiro atoms. The number of carbonyl (C=O) groups excluding carboxylic acids is 4. The van der Waals surface area contributed by atoms with Gasteiger partial charge in [-0.15, -0.1) is 23.5 Å². The zero-order valence-electron chi connectivity index (χ0n) is 36.1. The zero-order chi connectivity index (χ0) is 44.5. The van der Waals surface area contributed by atoms with Gasteiger partial charge in [-0.1, -0.05) is 122 Å². The standard InChI is InChI=1S/C25H30O3S2.C24H28OS.2CO2/c1-18-12-13-21-20(16-18)17-23(25(21)19-8-4-3-5-9-19)22-10-6-7-11-24(22)29-15-14-28-30(2,26)27;1-17-11-12-20-19(15-17)16-22(24(20)18-7-3-2-4-8-18)21-9-5-6-10-23(21)26-14-13-25;2*2-1-3/h6-7,10-13,16,19H,3-5,8-9,14-15,17H2,1-2H3;5-6,9-12,15,18,25H,2-4,7-8,13-14,16H2,1H3;;. The fraction of sp³-hybridized carbons (Fsp3) is 0.412. The number of thioether (sulfide) groups is 2. The van der Waals surface area contributed by atoms with Crippen LogP contribution in [0.2, 0.25) is 0 Å². The maximum absolute atomic E-state index is 11.3. The van der Waals surface area contributed by atoms with Gasteiger partial charge in [-0.25, -0.2) is 0 Å². The highest BCUT2D eigenvalue weighted by molar-refractivity contribution is 7.99. The predicted molar refractivity (Wildman–Crippen MR) is 249 cm³/mol. The maximum Gasteiger partial charge on any atom is 0.373 e. The highest BCUT2D eigenvalue weighted by Crippen LogP contribution is 2.50. The monoisotopic (exact) mass is 894 g/mol. The van der Waals surface area contributed by atoms with Crippen molar-refractivity contribution in [2.24, 2.45) is 11.8 Å². The van der Waals surface area contributed by atoms with E-state index in [1.54, 1.807) is 40.2 Å². The lowest BCUT2D eigenvalue weighted by Crippen LogP contribution is -2.09. The van der Waals surface area contributed by atoms with Crippen LogP contribution in [0.3, 0.4) is 0 Å². The fourth-order valence-corrected chi connectivity index (χ4v) is 11.8. The zero-order valence-corrected chi connectivity index (χ0v) is 38.5. The second kappa shape index (κ2) is 24.5. The van der Waals surface area contributed by atoms with Gasteiger partial charge in [0.25, 0.3) is 10.1 Å². The normalized spacial score (nSPS) is 16.1. The van der Waals surface area contributed by atoms with Crippen LogP contribution in [-0.2, 0) is 46.3 Å². The Bertz CT molecular complexity index is 2360. The van der Waals surface area contributed by atoms with E-state index in [9.17, 15) is 13.5 Å². The van der Waals surface area contributed by atoms with Crippen molar-refractivity contribution in [3.8, 4) is 0 Å². The number of rotatable bonds is 12. The molecule has 0 amide bonds. The fourth-order valence-electron chi connectivity index (χ4n) is 9.53. The summed E-state index contributed by atoms with van der Waals surface area (Å²) in [6.07, 6.45) is 17.0. The molecule has 0 atom stereocenters. The van der Waals surface area contributed by atoms with Crippen molar-refractivity contribution in [3.63, 3.8) is 0 Å². The molecule has 0 unspecified atom stereocenters. The Hall–Kier alpha value is -4.31. The minimum absolute atomic E-state index is 0.200. The predicted octanol–water partition coefficient (Wildman–Crippen LogP) is 11.1. The molecule has 2 fully saturated rings. The molecule has 4 aromatic carbocycles. The molecule has 0 radical (unpaired) electrons. The number of hydrogen-bond donors (Lipinski definition) is 1. The summed E-state index contributed by atoms with van der Waals surface area (Å²) in [6, 6.07) is 31.3. The van der Waals surface area contributed by atoms with Gasteiger partial charge in [0.1, 0.15) is 0 Å². The Kier molecular flexibility index (Phi) is 19.3. The summed E-state index contributed by atoms with van der Waals surface area (Å²) >= 11 is 3.46. The molecule has 8 nitrogen and oxygen atoms in total. The first-order chi connectivity index (χ1) is 30.0. The van der Waals surface area contributed by atoms with Crippen LogP contribution in [0, 0.1) is 25.7 Å². The second-order valence-corrected chi connectivity index (χ2v) is 20.2. The molecule has 4 aliphatic carbocycles. The average molecular weight is 895 g/mol. The van der Waals surface area contributed by atoms with Crippen LogP contribution >= 0.6 is 23.5 Å². The first-order valence-corrected chi connectivity index (χ1v) is 25.4. The number of fused-ring (bicyclic) bond motifs is 2. The maximum atomic E-state index is 11.3. The highest BCUT2D eigenvalue weighted by atomic mass is 32.2. The van der Waals surface area contributed by atoms with Crippen LogP contribution in [0.4, 0.5) is 0 Å². The molecule has 0 aromatic heterocycles. The molecular formula is C51H58O8S3. The first kappa shape index (κ1) is 48.7. The van der Waals surface area contributed by atoms with E-state index < -0.39 is 10.1 Å². The summed E-state index contributed by atoms with van der Waals surface area (Å²) < 4.78 is 27.4. The van der Waals surface area contributed by atoms with Gasteiger partial charge < -0.3 is 5.11 Å². The van der Waals surface area contributed by atoms with Crippen molar-refractivity contribution >= 4 is 68.2 Å². The van der Waals surface area contributed by atoms with Crippen molar-refractivity contribution < 1.29 is 36.9 Å². The molecule has 4 aliphatic rings. The van der Waals surface area contributed by atoms with E-state index in [2.05, 4.69) is 98.8 Å². The Morgan fingerprint density at radius 2 is 1.00 bits per heavy atom. The molecule has 2 saturated carbocycles. The van der Waals surface area contributed by atoms with Crippen LogP contribution in [0.25, 0.3) is 22.3 Å². The quantitative estimate of drug-likeness (QED) is 0.0833. The molecular weight excluding hydrogens is 837 g/mol. The number of aryl methyl sites for hydroxylation is 2. The largest absolute Gasteiger partial charge is 0.396 e. The van der Waals surface area contributed by atoms with Crippen molar-refractivity contribution in [1.29, 1.82) is 0 Å². The highest BCUT2D eigenvalue weighted by Gasteiger charge is 2.32. The van der Waals surface area contributed by atoms with Crippen LogP contribution in [0.15, 0.2) is 94.7 Å². The molecule has 0 bridgehead atoms. The van der Waals surface area contributed by atoms with Crippen molar-refractivity contribution in [2.45, 2.75) is 101 Å². The van der Waals surface area contributed by atoms with Gasteiger partial charge in [0, 0.05) is 21.3 Å². The Morgan fingerprint density at radius 1 is 0.597 bits per heavy atom. The minimum atomic E-state index is -3.39. The molecule has 328 valence electrons. The van der Waals surface area contributed by atoms with Crippen LogP contribution in [-0.4, -0.2) is 56.8 Å². The number of hydrogen-bond acceptors (Lipinski definition) is 10. The van der Waals surface area contributed by atoms with Gasteiger partial charge >= 0.3 is 12.3 Å². The van der Waals surface area contributed by atoms with Gasteiger partial charge in [0.15, 0.2) is 0 Å². The molecule has 62 heavy (non-hydrogen) atoms. The first-order valence-electron chi connectivity index (χ1n) is 21.6. The average Bonchev–Trinajstić information content (AvgIpc) is 3.84. The van der Waals surface area contributed by atoms with Crippen molar-refractivity contribution in [1.82, 2.24) is 0 Å². The Labute approximate surface area is 376 Å². The van der Waals surface area contributed by atoms with Crippen LogP contribution in [0.5, 0.6) is 0 Å². The smallest absolute Gasteiger partial charge is 0.373 e. The summed E-state index contributed by atoms with van der Waals surface area (Å²) in [4.78, 5) is 35.0. The van der Waals surface area contributed by atoms with Crippen LogP contribution < -0.4 is 0 Å². The third-order valence-corrected chi connectivity index (χ3v) is 14.6. The van der Waals surface area contributed by atoms with Gasteiger partial charge in [0.05, 0.1) is 19.5 Å². The lowest BCUT2D eigenvalue weighted by molar-refractivity contribution is -0.193. The lowest BCUT2D eigenvalue weighted by atomic mass is 9.79. The summed E-state index contributed by atoms with van der Waals surface area (Å²) in [7, 11) is -3.39. The van der Waals surface area contributed by atoms with Gasteiger partial charge in [-0.05, 0) is 132 Å². The molecule has 4 aromatic rings. The summed E-state index contributed by atoms with van der Waals surface area (Å²) in [5.74, 6) is 2.72. The summed E-state index contributed by atoms with van der Waals surface area (Å²) in [6.45, 7) is 4.80. The SMILES string of the molecule is Cc1ccc2c(c1)CC(c1ccccc1SCCO)=C2C1CCCCC1.Cc1ccc2c(c1)CC(c1ccccc1SCCOS(C)(=O)=O)=C2C1CCCCC1.O=C=O.O=C=O. The van der Waals surface area contributed by atoms with Crippen LogP contribution in [0.1, 0.15) is 109 Å². The van der Waals surface area contributed by atoms with E-state index >= 15 is 0 Å².